The second kappa shape index (κ2) is 10.6. The van der Waals surface area contributed by atoms with Gasteiger partial charge in [-0.15, -0.1) is 0 Å². The highest BCUT2D eigenvalue weighted by molar-refractivity contribution is 5.95. The quantitative estimate of drug-likeness (QED) is 0.571. The van der Waals surface area contributed by atoms with Gasteiger partial charge in [0.1, 0.15) is 5.82 Å². The number of carbonyl (C=O) groups is 2. The number of hydrogen-bond donors (Lipinski definition) is 2. The molecular weight excluding hydrogens is 461 g/mol. The van der Waals surface area contributed by atoms with Crippen molar-refractivity contribution < 1.29 is 14.0 Å². The largest absolute Gasteiger partial charge is 0.339 e. The van der Waals surface area contributed by atoms with E-state index in [2.05, 4.69) is 15.5 Å². The van der Waals surface area contributed by atoms with Gasteiger partial charge in [-0.25, -0.2) is 9.49 Å². The minimum atomic E-state index is -0.576. The minimum absolute atomic E-state index is 0.00992. The molecule has 0 bridgehead atoms. The first-order chi connectivity index (χ1) is 17.5. The lowest BCUT2D eigenvalue weighted by Gasteiger charge is -2.36. The number of benzene rings is 2. The van der Waals surface area contributed by atoms with Gasteiger partial charge in [-0.2, -0.15) is 5.10 Å². The van der Waals surface area contributed by atoms with Crippen molar-refractivity contribution in [2.24, 2.45) is 5.92 Å². The number of amides is 2. The normalized spacial score (nSPS) is 16.9. The molecule has 2 fully saturated rings. The molecule has 0 spiro atoms. The Bertz CT molecular complexity index is 1330. The molecule has 0 atom stereocenters. The van der Waals surface area contributed by atoms with Crippen molar-refractivity contribution in [2.45, 2.75) is 25.7 Å². The van der Waals surface area contributed by atoms with E-state index in [0.717, 1.165) is 36.9 Å². The Labute approximate surface area is 208 Å². The summed E-state index contributed by atoms with van der Waals surface area (Å²) in [6.45, 7) is 3.60. The number of hydrogen-bond acceptors (Lipinski definition) is 5. The second-order valence-corrected chi connectivity index (χ2v) is 9.61. The van der Waals surface area contributed by atoms with Crippen molar-refractivity contribution >= 4 is 22.6 Å². The summed E-state index contributed by atoms with van der Waals surface area (Å²) >= 11 is 0. The van der Waals surface area contributed by atoms with Gasteiger partial charge in [-0.1, -0.05) is 24.3 Å². The first kappa shape index (κ1) is 24.1. The molecule has 188 valence electrons. The van der Waals surface area contributed by atoms with Crippen LogP contribution in [0.2, 0.25) is 0 Å². The lowest BCUT2D eigenvalue weighted by molar-refractivity contribution is -0.133. The van der Waals surface area contributed by atoms with Gasteiger partial charge in [-0.05, 0) is 55.6 Å². The van der Waals surface area contributed by atoms with E-state index >= 15 is 0 Å². The summed E-state index contributed by atoms with van der Waals surface area (Å²) < 4.78 is 14.7. The summed E-state index contributed by atoms with van der Waals surface area (Å²) in [5.41, 5.74) is 1.12. The summed E-state index contributed by atoms with van der Waals surface area (Å²) in [5.74, 6) is -0.390. The second-order valence-electron chi connectivity index (χ2n) is 9.61. The van der Waals surface area contributed by atoms with E-state index in [1.54, 1.807) is 29.2 Å². The van der Waals surface area contributed by atoms with Gasteiger partial charge in [0.05, 0.1) is 16.6 Å². The van der Waals surface area contributed by atoms with Gasteiger partial charge in [0.2, 0.25) is 5.91 Å². The Hall–Kier alpha value is -3.59. The molecule has 2 N–H and O–H groups in total. The van der Waals surface area contributed by atoms with E-state index in [1.807, 2.05) is 17.0 Å². The van der Waals surface area contributed by atoms with Gasteiger partial charge in [0.15, 0.2) is 0 Å². The number of aromatic amines is 1. The number of piperidine rings is 1. The fraction of sp³-hybridized carbons (Fsp3) is 0.407. The van der Waals surface area contributed by atoms with Crippen LogP contribution in [0.4, 0.5) is 4.39 Å². The lowest BCUT2D eigenvalue weighted by Crippen LogP contribution is -2.51. The van der Waals surface area contributed by atoms with Crippen molar-refractivity contribution in [2.75, 3.05) is 39.3 Å². The molecule has 1 aromatic heterocycles. The summed E-state index contributed by atoms with van der Waals surface area (Å²) in [6, 6.07) is 11.7. The molecular formula is C27H30FN5O3. The molecule has 2 saturated heterocycles. The molecule has 2 aliphatic rings. The number of aromatic nitrogens is 2. The van der Waals surface area contributed by atoms with Crippen LogP contribution in [0.25, 0.3) is 10.8 Å². The third kappa shape index (κ3) is 5.16. The zero-order chi connectivity index (χ0) is 25.1. The van der Waals surface area contributed by atoms with E-state index in [4.69, 9.17) is 0 Å². The highest BCUT2D eigenvalue weighted by Crippen LogP contribution is 2.21. The standard InChI is InChI=1S/C27H30FN5O3/c28-23-6-5-19(16-24-20-3-1-2-4-21(20)26(35)31-30-24)15-22(23)27(36)33-13-11-32(12-14-33)25(34)17-18-7-9-29-10-8-18/h1-6,15,18,29H,7-14,16-17H2,(H,31,35). The molecule has 0 aliphatic carbocycles. The highest BCUT2D eigenvalue weighted by Gasteiger charge is 2.28. The van der Waals surface area contributed by atoms with Crippen LogP contribution in [0.3, 0.4) is 0 Å². The molecule has 0 unspecified atom stereocenters. The van der Waals surface area contributed by atoms with Crippen LogP contribution in [-0.2, 0) is 11.2 Å². The maximum Gasteiger partial charge on any atom is 0.272 e. The van der Waals surface area contributed by atoms with Crippen molar-refractivity contribution in [3.05, 3.63) is 75.5 Å². The predicted octanol–water partition coefficient (Wildman–Crippen LogP) is 2.33. The Morgan fingerprint density at radius 2 is 1.67 bits per heavy atom. The summed E-state index contributed by atoms with van der Waals surface area (Å²) in [5, 5.41) is 11.3. The highest BCUT2D eigenvalue weighted by atomic mass is 19.1. The number of nitrogens with zero attached hydrogens (tertiary/aromatic N) is 3. The molecule has 2 aromatic carbocycles. The first-order valence-corrected chi connectivity index (χ1v) is 12.5. The van der Waals surface area contributed by atoms with Crippen molar-refractivity contribution in [3.63, 3.8) is 0 Å². The van der Waals surface area contributed by atoms with Gasteiger partial charge in [0, 0.05) is 44.4 Å². The maximum atomic E-state index is 14.7. The fourth-order valence-electron chi connectivity index (χ4n) is 5.14. The van der Waals surface area contributed by atoms with E-state index < -0.39 is 5.82 Å². The molecule has 36 heavy (non-hydrogen) atoms. The predicted molar refractivity (Wildman–Crippen MR) is 134 cm³/mol. The van der Waals surface area contributed by atoms with E-state index in [-0.39, 0.29) is 22.9 Å². The van der Waals surface area contributed by atoms with Crippen LogP contribution < -0.4 is 10.9 Å². The van der Waals surface area contributed by atoms with Gasteiger partial charge < -0.3 is 15.1 Å². The van der Waals surface area contributed by atoms with Gasteiger partial charge >= 0.3 is 0 Å². The van der Waals surface area contributed by atoms with Crippen LogP contribution in [0, 0.1) is 11.7 Å². The molecule has 0 radical (unpaired) electrons. The molecule has 2 aliphatic heterocycles. The van der Waals surface area contributed by atoms with Crippen LogP contribution in [-0.4, -0.2) is 71.1 Å². The number of rotatable bonds is 5. The van der Waals surface area contributed by atoms with Gasteiger partial charge in [-0.3, -0.25) is 14.4 Å². The number of piperazine rings is 1. The number of halogens is 1. The number of nitrogens with one attached hydrogen (secondary N) is 2. The van der Waals surface area contributed by atoms with Crippen LogP contribution >= 0.6 is 0 Å². The zero-order valence-corrected chi connectivity index (χ0v) is 20.1. The third-order valence-corrected chi connectivity index (χ3v) is 7.25. The third-order valence-electron chi connectivity index (χ3n) is 7.25. The summed E-state index contributed by atoms with van der Waals surface area (Å²) in [6.07, 6.45) is 2.94. The lowest BCUT2D eigenvalue weighted by atomic mass is 9.94. The topological polar surface area (TPSA) is 98.4 Å². The summed E-state index contributed by atoms with van der Waals surface area (Å²) in [7, 11) is 0. The molecule has 2 amide bonds. The van der Waals surface area contributed by atoms with Crippen molar-refractivity contribution in [1.29, 1.82) is 0 Å². The Kier molecular flexibility index (Phi) is 7.09. The molecule has 9 heteroatoms. The zero-order valence-electron chi connectivity index (χ0n) is 20.1. The van der Waals surface area contributed by atoms with Crippen LogP contribution in [0.15, 0.2) is 47.3 Å². The van der Waals surface area contributed by atoms with Crippen LogP contribution in [0.5, 0.6) is 0 Å². The average Bonchev–Trinajstić information content (AvgIpc) is 2.92. The van der Waals surface area contributed by atoms with E-state index in [9.17, 15) is 18.8 Å². The molecule has 3 aromatic rings. The molecule has 3 heterocycles. The Balaban J connectivity index is 1.25. The molecule has 5 rings (SSSR count). The van der Waals surface area contributed by atoms with Gasteiger partial charge in [0.25, 0.3) is 11.5 Å². The number of fused-ring (bicyclic) bond motifs is 1. The first-order valence-electron chi connectivity index (χ1n) is 12.5. The fourth-order valence-corrected chi connectivity index (χ4v) is 5.14. The Morgan fingerprint density at radius 3 is 2.42 bits per heavy atom. The summed E-state index contributed by atoms with van der Waals surface area (Å²) in [4.78, 5) is 41.4. The monoisotopic (exact) mass is 491 g/mol. The average molecular weight is 492 g/mol. The van der Waals surface area contributed by atoms with Crippen molar-refractivity contribution in [1.82, 2.24) is 25.3 Å². The SMILES string of the molecule is O=C(CC1CCNCC1)N1CCN(C(=O)c2cc(Cc3n[nH]c(=O)c4ccccc34)ccc2F)CC1. The number of H-pyrrole nitrogens is 1. The molecule has 8 nitrogen and oxygen atoms in total. The van der Waals surface area contributed by atoms with Crippen molar-refractivity contribution in [3.8, 4) is 0 Å². The van der Waals surface area contributed by atoms with E-state index in [0.29, 0.717) is 56.0 Å². The van der Waals surface area contributed by atoms with E-state index in [1.165, 1.54) is 6.07 Å². The maximum absolute atomic E-state index is 14.7. The molecule has 0 saturated carbocycles. The minimum Gasteiger partial charge on any atom is -0.339 e. The van der Waals surface area contributed by atoms with Crippen LogP contribution in [0.1, 0.15) is 40.9 Å². The number of carbonyl (C=O) groups excluding carboxylic acids is 2. The smallest absolute Gasteiger partial charge is 0.272 e. The Morgan fingerprint density at radius 1 is 0.972 bits per heavy atom.